The Balaban J connectivity index is 2.39. The van der Waals surface area contributed by atoms with Crippen LogP contribution < -0.4 is 0 Å². The van der Waals surface area contributed by atoms with Crippen molar-refractivity contribution >= 4 is 5.57 Å². The molecule has 0 saturated carbocycles. The van der Waals surface area contributed by atoms with E-state index >= 15 is 0 Å². The molecule has 0 N–H and O–H groups in total. The average molecular weight is 182 g/mol. The molecule has 0 heteroatoms. The Kier molecular flexibility index (Phi) is 2.64. The van der Waals surface area contributed by atoms with Crippen molar-refractivity contribution in [2.24, 2.45) is 0 Å². The van der Waals surface area contributed by atoms with E-state index in [0.717, 1.165) is 6.42 Å². The molecule has 14 heavy (non-hydrogen) atoms. The van der Waals surface area contributed by atoms with E-state index in [0.29, 0.717) is 0 Å². The average Bonchev–Trinajstić information content (AvgIpc) is 2.45. The van der Waals surface area contributed by atoms with E-state index in [1.165, 1.54) is 16.7 Å². The van der Waals surface area contributed by atoms with Crippen LogP contribution in [0.4, 0.5) is 0 Å². The summed E-state index contributed by atoms with van der Waals surface area (Å²) in [6.45, 7) is 2.13. The van der Waals surface area contributed by atoms with Gasteiger partial charge in [0, 0.05) is 0 Å². The Morgan fingerprint density at radius 2 is 2.07 bits per heavy atom. The van der Waals surface area contributed by atoms with Crippen LogP contribution in [-0.2, 0) is 0 Å². The topological polar surface area (TPSA) is 0 Å². The van der Waals surface area contributed by atoms with Gasteiger partial charge in [-0.2, -0.15) is 0 Å². The maximum absolute atomic E-state index is 2.22. The number of benzene rings is 1. The van der Waals surface area contributed by atoms with Crippen LogP contribution in [0.3, 0.4) is 0 Å². The summed E-state index contributed by atoms with van der Waals surface area (Å²) in [6.07, 6.45) is 11.9. The second kappa shape index (κ2) is 4.10. The highest BCUT2D eigenvalue weighted by Gasteiger charge is 1.97. The van der Waals surface area contributed by atoms with Crippen molar-refractivity contribution in [1.82, 2.24) is 0 Å². The molecule has 0 fully saturated rings. The smallest absolute Gasteiger partial charge is 0.0163 e. The minimum absolute atomic E-state index is 1.03. The lowest BCUT2D eigenvalue weighted by Gasteiger charge is -2.02. The number of hydrogen-bond donors (Lipinski definition) is 0. The zero-order chi connectivity index (χ0) is 9.80. The van der Waals surface area contributed by atoms with Crippen molar-refractivity contribution in [3.05, 3.63) is 65.8 Å². The first-order valence-corrected chi connectivity index (χ1v) is 4.97. The molecule has 0 heterocycles. The first-order valence-electron chi connectivity index (χ1n) is 4.97. The van der Waals surface area contributed by atoms with Gasteiger partial charge in [-0.15, -0.1) is 0 Å². The number of hydrogen-bond acceptors (Lipinski definition) is 0. The number of aryl methyl sites for hydroxylation is 1. The highest BCUT2D eigenvalue weighted by molar-refractivity contribution is 5.75. The maximum Gasteiger partial charge on any atom is -0.0163 e. The van der Waals surface area contributed by atoms with E-state index in [1.807, 2.05) is 0 Å². The molecule has 1 aliphatic carbocycles. The van der Waals surface area contributed by atoms with Crippen LogP contribution >= 0.6 is 0 Å². The Morgan fingerprint density at radius 1 is 1.14 bits per heavy atom. The molecule has 0 nitrogen and oxygen atoms in total. The largest absolute Gasteiger partial charge is 0.0807 e. The van der Waals surface area contributed by atoms with Gasteiger partial charge < -0.3 is 0 Å². The molecule has 0 atom stereocenters. The lowest BCUT2D eigenvalue weighted by molar-refractivity contribution is 1.40. The van der Waals surface area contributed by atoms with E-state index in [4.69, 9.17) is 0 Å². The van der Waals surface area contributed by atoms with Crippen LogP contribution in [0.15, 0.2) is 54.6 Å². The standard InChI is InChI=1S/C14H14/c1-12-7-6-10-14(11-12)13-8-4-2-3-5-9-13/h2,4-11H,3H2,1H3. The highest BCUT2D eigenvalue weighted by atomic mass is 14.0. The lowest BCUT2D eigenvalue weighted by atomic mass is 10.0. The summed E-state index contributed by atoms with van der Waals surface area (Å²) in [6, 6.07) is 8.60. The van der Waals surface area contributed by atoms with Gasteiger partial charge in [0.25, 0.3) is 0 Å². The van der Waals surface area contributed by atoms with Gasteiger partial charge in [-0.1, -0.05) is 60.2 Å². The van der Waals surface area contributed by atoms with Gasteiger partial charge in [0.1, 0.15) is 0 Å². The van der Waals surface area contributed by atoms with Crippen LogP contribution in [0.5, 0.6) is 0 Å². The monoisotopic (exact) mass is 182 g/mol. The zero-order valence-electron chi connectivity index (χ0n) is 8.40. The van der Waals surface area contributed by atoms with Crippen LogP contribution in [0.25, 0.3) is 5.57 Å². The molecular weight excluding hydrogens is 168 g/mol. The molecule has 2 rings (SSSR count). The molecule has 1 aromatic rings. The molecule has 0 spiro atoms. The fourth-order valence-electron chi connectivity index (χ4n) is 1.60. The fraction of sp³-hybridized carbons (Fsp3) is 0.143. The summed E-state index contributed by atoms with van der Waals surface area (Å²) in [4.78, 5) is 0. The van der Waals surface area contributed by atoms with Crippen molar-refractivity contribution in [3.8, 4) is 0 Å². The summed E-state index contributed by atoms with van der Waals surface area (Å²) in [5.74, 6) is 0. The summed E-state index contributed by atoms with van der Waals surface area (Å²) in [5, 5.41) is 0. The molecule has 0 aromatic heterocycles. The Morgan fingerprint density at radius 3 is 2.93 bits per heavy atom. The van der Waals surface area contributed by atoms with Crippen LogP contribution in [0.2, 0.25) is 0 Å². The highest BCUT2D eigenvalue weighted by Crippen LogP contribution is 2.19. The fourth-order valence-corrected chi connectivity index (χ4v) is 1.60. The molecule has 0 radical (unpaired) electrons. The number of rotatable bonds is 1. The SMILES string of the molecule is Cc1cccc(C2=CC=CCC=C2)c1. The van der Waals surface area contributed by atoms with Crippen LogP contribution in [-0.4, -0.2) is 0 Å². The zero-order valence-corrected chi connectivity index (χ0v) is 8.40. The molecule has 0 amide bonds. The van der Waals surface area contributed by atoms with Gasteiger partial charge in [0.15, 0.2) is 0 Å². The molecular formula is C14H14. The minimum atomic E-state index is 1.03. The second-order valence-corrected chi connectivity index (χ2v) is 3.56. The predicted octanol–water partition coefficient (Wildman–Crippen LogP) is 3.89. The van der Waals surface area contributed by atoms with E-state index in [1.54, 1.807) is 0 Å². The summed E-state index contributed by atoms with van der Waals surface area (Å²) in [7, 11) is 0. The third kappa shape index (κ3) is 2.02. The van der Waals surface area contributed by atoms with E-state index in [9.17, 15) is 0 Å². The van der Waals surface area contributed by atoms with Gasteiger partial charge >= 0.3 is 0 Å². The normalized spacial score (nSPS) is 15.1. The second-order valence-electron chi connectivity index (χ2n) is 3.56. The molecule has 0 aliphatic heterocycles. The van der Waals surface area contributed by atoms with E-state index in [-0.39, 0.29) is 0 Å². The molecule has 70 valence electrons. The van der Waals surface area contributed by atoms with Crippen molar-refractivity contribution in [3.63, 3.8) is 0 Å². The molecule has 1 aliphatic rings. The first-order chi connectivity index (χ1) is 6.86. The first kappa shape index (κ1) is 9.01. The maximum atomic E-state index is 2.22. The van der Waals surface area contributed by atoms with Crippen LogP contribution in [0, 0.1) is 6.92 Å². The molecule has 0 bridgehead atoms. The Hall–Kier alpha value is -1.56. The third-order valence-corrected chi connectivity index (χ3v) is 2.33. The minimum Gasteiger partial charge on any atom is -0.0807 e. The van der Waals surface area contributed by atoms with Crippen molar-refractivity contribution in [1.29, 1.82) is 0 Å². The van der Waals surface area contributed by atoms with Gasteiger partial charge in [0.05, 0.1) is 0 Å². The van der Waals surface area contributed by atoms with Gasteiger partial charge in [0.2, 0.25) is 0 Å². The Labute approximate surface area is 85.3 Å². The summed E-state index contributed by atoms with van der Waals surface area (Å²) < 4.78 is 0. The molecule has 0 unspecified atom stereocenters. The van der Waals surface area contributed by atoms with Crippen LogP contribution in [0.1, 0.15) is 17.5 Å². The molecule has 1 aromatic carbocycles. The molecule has 0 saturated heterocycles. The van der Waals surface area contributed by atoms with Crippen molar-refractivity contribution in [2.45, 2.75) is 13.3 Å². The Bertz CT molecular complexity index is 406. The van der Waals surface area contributed by atoms with Gasteiger partial charge in [-0.25, -0.2) is 0 Å². The predicted molar refractivity (Wildman–Crippen MR) is 62.1 cm³/mol. The summed E-state index contributed by atoms with van der Waals surface area (Å²) in [5.41, 5.74) is 3.90. The third-order valence-electron chi connectivity index (χ3n) is 2.33. The number of allylic oxidation sites excluding steroid dienone is 6. The lowest BCUT2D eigenvalue weighted by Crippen LogP contribution is -1.81. The van der Waals surface area contributed by atoms with Gasteiger partial charge in [-0.05, 0) is 24.5 Å². The van der Waals surface area contributed by atoms with Crippen molar-refractivity contribution in [2.75, 3.05) is 0 Å². The van der Waals surface area contributed by atoms with Crippen molar-refractivity contribution < 1.29 is 0 Å². The van der Waals surface area contributed by atoms with E-state index in [2.05, 4.69) is 61.6 Å². The van der Waals surface area contributed by atoms with Gasteiger partial charge in [-0.3, -0.25) is 0 Å². The summed E-state index contributed by atoms with van der Waals surface area (Å²) >= 11 is 0. The quantitative estimate of drug-likeness (QED) is 0.618. The van der Waals surface area contributed by atoms with E-state index < -0.39 is 0 Å².